The monoisotopic (exact) mass is 267 g/mol. The minimum Gasteiger partial charge on any atom is -0.490 e. The predicted octanol–water partition coefficient (Wildman–Crippen LogP) is 2.21. The van der Waals surface area contributed by atoms with E-state index in [9.17, 15) is 0 Å². The zero-order valence-electron chi connectivity index (χ0n) is 11.9. The van der Waals surface area contributed by atoms with E-state index in [4.69, 9.17) is 14.6 Å². The van der Waals surface area contributed by atoms with Gasteiger partial charge in [0.05, 0.1) is 6.61 Å². The highest BCUT2D eigenvalue weighted by atomic mass is 16.5. The van der Waals surface area contributed by atoms with Gasteiger partial charge >= 0.3 is 0 Å². The number of hydrogen-bond donors (Lipinski definition) is 2. The molecule has 0 aliphatic carbocycles. The maximum Gasteiger partial charge on any atom is 0.161 e. The minimum absolute atomic E-state index is 0.165. The van der Waals surface area contributed by atoms with Gasteiger partial charge in [-0.15, -0.1) is 0 Å². The van der Waals surface area contributed by atoms with Crippen LogP contribution in [0.4, 0.5) is 0 Å². The van der Waals surface area contributed by atoms with Crippen LogP contribution in [0.25, 0.3) is 0 Å². The fraction of sp³-hybridized carbons (Fsp3) is 0.600. The third kappa shape index (κ3) is 5.94. The summed E-state index contributed by atoms with van der Waals surface area (Å²) in [6.07, 6.45) is 1.76. The van der Waals surface area contributed by atoms with Crippen LogP contribution >= 0.6 is 0 Å². The molecule has 0 fully saturated rings. The first kappa shape index (κ1) is 15.8. The molecule has 19 heavy (non-hydrogen) atoms. The zero-order chi connectivity index (χ0) is 13.9. The molecule has 0 bridgehead atoms. The normalized spacial score (nSPS) is 12.2. The Kier molecular flexibility index (Phi) is 8.02. The maximum atomic E-state index is 9.05. The van der Waals surface area contributed by atoms with Crippen molar-refractivity contribution in [3.8, 4) is 11.5 Å². The van der Waals surface area contributed by atoms with Crippen LogP contribution in [-0.2, 0) is 0 Å². The van der Waals surface area contributed by atoms with Crippen molar-refractivity contribution >= 4 is 0 Å². The summed E-state index contributed by atoms with van der Waals surface area (Å²) in [6.45, 7) is 6.32. The van der Waals surface area contributed by atoms with Gasteiger partial charge in [0.15, 0.2) is 11.5 Å². The lowest BCUT2D eigenvalue weighted by atomic mass is 10.2. The number of hydrogen-bond acceptors (Lipinski definition) is 4. The Labute approximate surface area is 115 Å². The van der Waals surface area contributed by atoms with Gasteiger partial charge in [0.1, 0.15) is 6.61 Å². The SMILES string of the molecule is CCCNC(CCO)COc1ccccc1OCC. The molecule has 2 N–H and O–H groups in total. The average Bonchev–Trinajstić information content (AvgIpc) is 2.43. The Bertz CT molecular complexity index is 344. The molecular formula is C15H25NO3. The lowest BCUT2D eigenvalue weighted by Crippen LogP contribution is -2.36. The zero-order valence-corrected chi connectivity index (χ0v) is 11.9. The molecule has 0 aliphatic rings. The van der Waals surface area contributed by atoms with Crippen molar-refractivity contribution in [2.45, 2.75) is 32.7 Å². The third-order valence-electron chi connectivity index (χ3n) is 2.75. The number of nitrogens with one attached hydrogen (secondary N) is 1. The predicted molar refractivity (Wildman–Crippen MR) is 76.9 cm³/mol. The number of rotatable bonds is 10. The molecule has 0 saturated carbocycles. The smallest absolute Gasteiger partial charge is 0.161 e. The molecule has 0 spiro atoms. The number of ether oxygens (including phenoxy) is 2. The number of aliphatic hydroxyl groups excluding tert-OH is 1. The van der Waals surface area contributed by atoms with Crippen molar-refractivity contribution in [3.05, 3.63) is 24.3 Å². The Morgan fingerprint density at radius 1 is 1.16 bits per heavy atom. The van der Waals surface area contributed by atoms with Crippen LogP contribution in [0.2, 0.25) is 0 Å². The van der Waals surface area contributed by atoms with Gasteiger partial charge in [-0.2, -0.15) is 0 Å². The standard InChI is InChI=1S/C15H25NO3/c1-3-10-16-13(9-11-17)12-19-15-8-6-5-7-14(15)18-4-2/h5-8,13,16-17H,3-4,9-12H2,1-2H3. The molecular weight excluding hydrogens is 242 g/mol. The molecule has 4 nitrogen and oxygen atoms in total. The fourth-order valence-electron chi connectivity index (χ4n) is 1.78. The maximum absolute atomic E-state index is 9.05. The van der Waals surface area contributed by atoms with Gasteiger partial charge < -0.3 is 19.9 Å². The Hall–Kier alpha value is -1.26. The average molecular weight is 267 g/mol. The molecule has 1 aromatic carbocycles. The summed E-state index contributed by atoms with van der Waals surface area (Å²) in [7, 11) is 0. The van der Waals surface area contributed by atoms with Crippen molar-refractivity contribution < 1.29 is 14.6 Å². The Balaban J connectivity index is 2.52. The Morgan fingerprint density at radius 2 is 1.84 bits per heavy atom. The molecule has 1 rings (SSSR count). The van der Waals surface area contributed by atoms with Gasteiger partial charge in [0, 0.05) is 12.6 Å². The highest BCUT2D eigenvalue weighted by Crippen LogP contribution is 2.26. The largest absolute Gasteiger partial charge is 0.490 e. The van der Waals surface area contributed by atoms with E-state index in [1.54, 1.807) is 0 Å². The van der Waals surface area contributed by atoms with Crippen LogP contribution in [0.5, 0.6) is 11.5 Å². The van der Waals surface area contributed by atoms with Gasteiger partial charge in [-0.1, -0.05) is 19.1 Å². The summed E-state index contributed by atoms with van der Waals surface area (Å²) >= 11 is 0. The molecule has 0 saturated heterocycles. The summed E-state index contributed by atoms with van der Waals surface area (Å²) in [5, 5.41) is 12.4. The first-order chi connectivity index (χ1) is 9.31. The van der Waals surface area contributed by atoms with E-state index in [0.717, 1.165) is 24.5 Å². The van der Waals surface area contributed by atoms with Crippen LogP contribution in [0, 0.1) is 0 Å². The number of para-hydroxylation sites is 2. The van der Waals surface area contributed by atoms with Crippen LogP contribution in [0.15, 0.2) is 24.3 Å². The van der Waals surface area contributed by atoms with E-state index in [1.165, 1.54) is 0 Å². The van der Waals surface area contributed by atoms with Gasteiger partial charge in [0.2, 0.25) is 0 Å². The number of aliphatic hydroxyl groups is 1. The minimum atomic E-state index is 0.165. The van der Waals surface area contributed by atoms with Gasteiger partial charge in [0.25, 0.3) is 0 Å². The first-order valence-electron chi connectivity index (χ1n) is 7.00. The van der Waals surface area contributed by atoms with Crippen molar-refractivity contribution in [1.29, 1.82) is 0 Å². The van der Waals surface area contributed by atoms with Crippen molar-refractivity contribution in [2.75, 3.05) is 26.4 Å². The van der Waals surface area contributed by atoms with Crippen molar-refractivity contribution in [2.24, 2.45) is 0 Å². The molecule has 0 heterocycles. The summed E-state index contributed by atoms with van der Waals surface area (Å²) < 4.78 is 11.3. The second-order valence-electron chi connectivity index (χ2n) is 4.35. The molecule has 0 aliphatic heterocycles. The first-order valence-corrected chi connectivity index (χ1v) is 7.00. The molecule has 1 atom stereocenters. The van der Waals surface area contributed by atoms with Crippen LogP contribution in [0.3, 0.4) is 0 Å². The third-order valence-corrected chi connectivity index (χ3v) is 2.75. The summed E-state index contributed by atoms with van der Waals surface area (Å²) in [6, 6.07) is 7.83. The molecule has 0 aromatic heterocycles. The highest BCUT2D eigenvalue weighted by Gasteiger charge is 2.10. The van der Waals surface area contributed by atoms with Crippen LogP contribution < -0.4 is 14.8 Å². The second kappa shape index (κ2) is 9.64. The molecule has 0 amide bonds. The van der Waals surface area contributed by atoms with Gasteiger partial charge in [-0.05, 0) is 38.4 Å². The molecule has 108 valence electrons. The highest BCUT2D eigenvalue weighted by molar-refractivity contribution is 5.39. The second-order valence-corrected chi connectivity index (χ2v) is 4.35. The van der Waals surface area contributed by atoms with Crippen LogP contribution in [-0.4, -0.2) is 37.5 Å². The lowest BCUT2D eigenvalue weighted by molar-refractivity contribution is 0.207. The Morgan fingerprint density at radius 3 is 2.42 bits per heavy atom. The number of benzene rings is 1. The summed E-state index contributed by atoms with van der Waals surface area (Å²) in [5.41, 5.74) is 0. The van der Waals surface area contributed by atoms with E-state index in [2.05, 4.69) is 12.2 Å². The molecule has 1 unspecified atom stereocenters. The quantitative estimate of drug-likeness (QED) is 0.682. The van der Waals surface area contributed by atoms with Crippen LogP contribution in [0.1, 0.15) is 26.7 Å². The van der Waals surface area contributed by atoms with E-state index in [-0.39, 0.29) is 12.6 Å². The fourth-order valence-corrected chi connectivity index (χ4v) is 1.78. The molecule has 0 radical (unpaired) electrons. The van der Waals surface area contributed by atoms with Gasteiger partial charge in [-0.3, -0.25) is 0 Å². The molecule has 1 aromatic rings. The van der Waals surface area contributed by atoms with E-state index < -0.39 is 0 Å². The van der Waals surface area contributed by atoms with E-state index in [0.29, 0.717) is 19.6 Å². The van der Waals surface area contributed by atoms with Crippen molar-refractivity contribution in [1.82, 2.24) is 5.32 Å². The van der Waals surface area contributed by atoms with E-state index >= 15 is 0 Å². The van der Waals surface area contributed by atoms with E-state index in [1.807, 2.05) is 31.2 Å². The summed E-state index contributed by atoms with van der Waals surface area (Å²) in [5.74, 6) is 1.52. The molecule has 4 heteroatoms. The van der Waals surface area contributed by atoms with Gasteiger partial charge in [-0.25, -0.2) is 0 Å². The lowest BCUT2D eigenvalue weighted by Gasteiger charge is -2.19. The van der Waals surface area contributed by atoms with Crippen molar-refractivity contribution in [3.63, 3.8) is 0 Å². The summed E-state index contributed by atoms with van der Waals surface area (Å²) in [4.78, 5) is 0. The topological polar surface area (TPSA) is 50.7 Å².